The van der Waals surface area contributed by atoms with Crippen molar-refractivity contribution in [1.82, 2.24) is 4.90 Å². The molecular weight excluding hydrogens is 278 g/mol. The fourth-order valence-corrected chi connectivity index (χ4v) is 2.75. The van der Waals surface area contributed by atoms with Crippen molar-refractivity contribution in [2.24, 2.45) is 0 Å². The number of benzene rings is 1. The molecule has 1 aromatic rings. The van der Waals surface area contributed by atoms with Gasteiger partial charge in [0.2, 0.25) is 0 Å². The molecule has 1 saturated heterocycles. The minimum absolute atomic E-state index is 0.481. The number of amides is 2. The third-order valence-corrected chi connectivity index (χ3v) is 4.09. The predicted octanol–water partition coefficient (Wildman–Crippen LogP) is 2.48. The van der Waals surface area contributed by atoms with E-state index < -0.39 is 11.8 Å². The van der Waals surface area contributed by atoms with Crippen molar-refractivity contribution in [3.8, 4) is 0 Å². The highest BCUT2D eigenvalue weighted by molar-refractivity contribution is 6.39. The maximum atomic E-state index is 11.9. The highest BCUT2D eigenvalue weighted by atomic mass is 16.2. The van der Waals surface area contributed by atoms with Gasteiger partial charge in [0.05, 0.1) is 0 Å². The van der Waals surface area contributed by atoms with E-state index in [9.17, 15) is 9.59 Å². The largest absolute Gasteiger partial charge is 0.372 e. The van der Waals surface area contributed by atoms with E-state index in [4.69, 9.17) is 0 Å². The number of nitrogens with one attached hydrogen (secondary N) is 1. The number of nitrogens with zero attached hydrogens (tertiary/aromatic N) is 2. The summed E-state index contributed by atoms with van der Waals surface area (Å²) in [5, 5.41) is 2.67. The van der Waals surface area contributed by atoms with Crippen LogP contribution in [0.1, 0.15) is 33.1 Å². The Balaban J connectivity index is 1.95. The van der Waals surface area contributed by atoms with E-state index in [1.165, 1.54) is 29.8 Å². The van der Waals surface area contributed by atoms with Gasteiger partial charge in [-0.05, 0) is 57.4 Å². The zero-order chi connectivity index (χ0) is 15.9. The molecule has 1 N–H and O–H groups in total. The first-order chi connectivity index (χ1) is 10.7. The quantitative estimate of drug-likeness (QED) is 0.870. The first-order valence-electron chi connectivity index (χ1n) is 8.11. The average molecular weight is 303 g/mol. The Bertz CT molecular complexity index is 503. The summed E-state index contributed by atoms with van der Waals surface area (Å²) in [6.07, 6.45) is 3.77. The highest BCUT2D eigenvalue weighted by Crippen LogP contribution is 2.21. The zero-order valence-corrected chi connectivity index (χ0v) is 13.5. The Hall–Kier alpha value is -2.04. The van der Waals surface area contributed by atoms with Crippen molar-refractivity contribution in [1.29, 1.82) is 0 Å². The second-order valence-electron chi connectivity index (χ2n) is 5.53. The van der Waals surface area contributed by atoms with Gasteiger partial charge in [-0.3, -0.25) is 9.59 Å². The van der Waals surface area contributed by atoms with E-state index in [0.29, 0.717) is 18.8 Å². The molecule has 22 heavy (non-hydrogen) atoms. The lowest BCUT2D eigenvalue weighted by Crippen LogP contribution is -2.39. The van der Waals surface area contributed by atoms with E-state index in [2.05, 4.69) is 10.2 Å². The summed E-state index contributed by atoms with van der Waals surface area (Å²) < 4.78 is 0. The van der Waals surface area contributed by atoms with Gasteiger partial charge < -0.3 is 15.1 Å². The van der Waals surface area contributed by atoms with E-state index in [1.807, 2.05) is 38.1 Å². The SMILES string of the molecule is CCN(CC)C(=O)C(=O)Nc1ccc(N2CCCCC2)cc1. The van der Waals surface area contributed by atoms with Crippen LogP contribution >= 0.6 is 0 Å². The molecule has 0 spiro atoms. The number of anilines is 2. The molecule has 0 unspecified atom stereocenters. The van der Waals surface area contributed by atoms with Gasteiger partial charge in [-0.25, -0.2) is 0 Å². The first kappa shape index (κ1) is 16.3. The normalized spacial score (nSPS) is 14.5. The van der Waals surface area contributed by atoms with Crippen LogP contribution in [0.15, 0.2) is 24.3 Å². The van der Waals surface area contributed by atoms with Gasteiger partial charge in [-0.2, -0.15) is 0 Å². The first-order valence-corrected chi connectivity index (χ1v) is 8.11. The monoisotopic (exact) mass is 303 g/mol. The van der Waals surface area contributed by atoms with Crippen LogP contribution in [0.4, 0.5) is 11.4 Å². The molecular formula is C17H25N3O2. The Labute approximate surface area is 132 Å². The van der Waals surface area contributed by atoms with Crippen molar-refractivity contribution in [3.63, 3.8) is 0 Å². The summed E-state index contributed by atoms with van der Waals surface area (Å²) in [7, 11) is 0. The molecule has 120 valence electrons. The lowest BCUT2D eigenvalue weighted by atomic mass is 10.1. The van der Waals surface area contributed by atoms with Crippen molar-refractivity contribution < 1.29 is 9.59 Å². The molecule has 1 heterocycles. The van der Waals surface area contributed by atoms with Crippen molar-refractivity contribution in [3.05, 3.63) is 24.3 Å². The van der Waals surface area contributed by atoms with Crippen molar-refractivity contribution >= 4 is 23.2 Å². The number of carbonyl (C=O) groups excluding carboxylic acids is 2. The molecule has 0 saturated carbocycles. The maximum Gasteiger partial charge on any atom is 0.313 e. The molecule has 1 aliphatic heterocycles. The average Bonchev–Trinajstić information content (AvgIpc) is 2.57. The second kappa shape index (κ2) is 7.82. The minimum atomic E-state index is -0.575. The van der Waals surface area contributed by atoms with Gasteiger partial charge >= 0.3 is 11.8 Å². The number of hydrogen-bond donors (Lipinski definition) is 1. The molecule has 0 atom stereocenters. The molecule has 1 aliphatic rings. The van der Waals surface area contributed by atoms with Crippen LogP contribution in [0.25, 0.3) is 0 Å². The van der Waals surface area contributed by atoms with Crippen molar-refractivity contribution in [2.75, 3.05) is 36.4 Å². The van der Waals surface area contributed by atoms with Gasteiger partial charge in [0.1, 0.15) is 0 Å². The molecule has 1 aromatic carbocycles. The van der Waals surface area contributed by atoms with E-state index in [-0.39, 0.29) is 0 Å². The topological polar surface area (TPSA) is 52.7 Å². The predicted molar refractivity (Wildman–Crippen MR) is 89.1 cm³/mol. The Morgan fingerprint density at radius 2 is 1.64 bits per heavy atom. The number of piperidine rings is 1. The van der Waals surface area contributed by atoms with Crippen LogP contribution in [0.2, 0.25) is 0 Å². The molecule has 5 nitrogen and oxygen atoms in total. The van der Waals surface area contributed by atoms with Crippen LogP contribution in [0.3, 0.4) is 0 Å². The van der Waals surface area contributed by atoms with Gasteiger partial charge in [-0.1, -0.05) is 0 Å². The smallest absolute Gasteiger partial charge is 0.313 e. The number of hydrogen-bond acceptors (Lipinski definition) is 3. The summed E-state index contributed by atoms with van der Waals surface area (Å²) >= 11 is 0. The van der Waals surface area contributed by atoms with E-state index >= 15 is 0 Å². The molecule has 2 amide bonds. The molecule has 0 aromatic heterocycles. The molecule has 0 aliphatic carbocycles. The van der Waals surface area contributed by atoms with Crippen LogP contribution in [-0.4, -0.2) is 42.9 Å². The standard InChI is InChI=1S/C17H25N3O2/c1-3-19(4-2)17(22)16(21)18-14-8-10-15(11-9-14)20-12-6-5-7-13-20/h8-11H,3-7,12-13H2,1-2H3,(H,18,21). The Morgan fingerprint density at radius 1 is 1.05 bits per heavy atom. The molecule has 0 radical (unpaired) electrons. The third-order valence-electron chi connectivity index (χ3n) is 4.09. The molecule has 0 bridgehead atoms. The third kappa shape index (κ3) is 4.00. The highest BCUT2D eigenvalue weighted by Gasteiger charge is 2.19. The second-order valence-corrected chi connectivity index (χ2v) is 5.53. The molecule has 2 rings (SSSR count). The summed E-state index contributed by atoms with van der Waals surface area (Å²) in [5.41, 5.74) is 1.83. The summed E-state index contributed by atoms with van der Waals surface area (Å²) in [6.45, 7) is 6.98. The number of rotatable bonds is 4. The fraction of sp³-hybridized carbons (Fsp3) is 0.529. The van der Waals surface area contributed by atoms with Gasteiger partial charge in [-0.15, -0.1) is 0 Å². The van der Waals surface area contributed by atoms with Crippen LogP contribution in [0.5, 0.6) is 0 Å². The Morgan fingerprint density at radius 3 is 2.18 bits per heavy atom. The van der Waals surface area contributed by atoms with E-state index in [1.54, 1.807) is 0 Å². The maximum absolute atomic E-state index is 11.9. The van der Waals surface area contributed by atoms with Gasteiger partial charge in [0.15, 0.2) is 0 Å². The van der Waals surface area contributed by atoms with Crippen molar-refractivity contribution in [2.45, 2.75) is 33.1 Å². The fourth-order valence-electron chi connectivity index (χ4n) is 2.75. The van der Waals surface area contributed by atoms with E-state index in [0.717, 1.165) is 13.1 Å². The van der Waals surface area contributed by atoms with Gasteiger partial charge in [0.25, 0.3) is 0 Å². The zero-order valence-electron chi connectivity index (χ0n) is 13.5. The molecule has 1 fully saturated rings. The molecule has 5 heteroatoms. The summed E-state index contributed by atoms with van der Waals surface area (Å²) in [4.78, 5) is 27.7. The van der Waals surface area contributed by atoms with Crippen LogP contribution in [0, 0.1) is 0 Å². The Kier molecular flexibility index (Phi) is 5.81. The summed E-state index contributed by atoms with van der Waals surface area (Å²) in [6, 6.07) is 7.72. The van der Waals surface area contributed by atoms with Crippen LogP contribution in [-0.2, 0) is 9.59 Å². The van der Waals surface area contributed by atoms with Crippen LogP contribution < -0.4 is 10.2 Å². The lowest BCUT2D eigenvalue weighted by Gasteiger charge is -2.28. The number of carbonyl (C=O) groups is 2. The lowest BCUT2D eigenvalue weighted by molar-refractivity contribution is -0.142. The summed E-state index contributed by atoms with van der Waals surface area (Å²) in [5.74, 6) is -1.06. The minimum Gasteiger partial charge on any atom is -0.372 e. The number of likely N-dealkylation sites (N-methyl/N-ethyl adjacent to an activating group) is 1. The van der Waals surface area contributed by atoms with Gasteiger partial charge in [0, 0.05) is 37.6 Å².